The molecule has 1 N–H and O–H groups in total. The SMILES string of the molecule is COC(=O)C1C2CCCC1NC2. The summed E-state index contributed by atoms with van der Waals surface area (Å²) in [4.78, 5) is 11.4. The van der Waals surface area contributed by atoms with Gasteiger partial charge in [0.1, 0.15) is 0 Å². The molecule has 2 fully saturated rings. The lowest BCUT2D eigenvalue weighted by Crippen LogP contribution is -2.36. The lowest BCUT2D eigenvalue weighted by atomic mass is 9.80. The van der Waals surface area contributed by atoms with E-state index in [-0.39, 0.29) is 11.9 Å². The number of methoxy groups -OCH3 is 1. The molecule has 1 heterocycles. The molecule has 0 radical (unpaired) electrons. The molecule has 1 aliphatic heterocycles. The number of carbonyl (C=O) groups excluding carboxylic acids is 1. The zero-order valence-electron chi connectivity index (χ0n) is 7.38. The first-order valence-electron chi connectivity index (χ1n) is 4.64. The van der Waals surface area contributed by atoms with Crippen LogP contribution in [0.25, 0.3) is 0 Å². The van der Waals surface area contributed by atoms with Gasteiger partial charge in [-0.2, -0.15) is 0 Å². The molecule has 3 unspecified atom stereocenters. The minimum atomic E-state index is -0.0188. The van der Waals surface area contributed by atoms with Gasteiger partial charge in [0, 0.05) is 6.04 Å². The van der Waals surface area contributed by atoms with Crippen molar-refractivity contribution in [1.82, 2.24) is 5.32 Å². The van der Waals surface area contributed by atoms with Crippen molar-refractivity contribution >= 4 is 5.97 Å². The Balaban J connectivity index is 2.10. The number of nitrogens with one attached hydrogen (secondary N) is 1. The van der Waals surface area contributed by atoms with E-state index < -0.39 is 0 Å². The molecule has 2 bridgehead atoms. The van der Waals surface area contributed by atoms with Crippen molar-refractivity contribution in [3.63, 3.8) is 0 Å². The van der Waals surface area contributed by atoms with E-state index in [1.54, 1.807) is 0 Å². The average Bonchev–Trinajstić information content (AvgIpc) is 2.35. The molecule has 2 aliphatic rings. The quantitative estimate of drug-likeness (QED) is 0.582. The molecule has 3 atom stereocenters. The first-order chi connectivity index (χ1) is 5.83. The average molecular weight is 169 g/mol. The zero-order chi connectivity index (χ0) is 8.55. The predicted molar refractivity (Wildman–Crippen MR) is 44.6 cm³/mol. The topological polar surface area (TPSA) is 38.3 Å². The van der Waals surface area contributed by atoms with Crippen LogP contribution in [0.3, 0.4) is 0 Å². The minimum Gasteiger partial charge on any atom is -0.469 e. The van der Waals surface area contributed by atoms with Gasteiger partial charge in [-0.25, -0.2) is 0 Å². The summed E-state index contributed by atoms with van der Waals surface area (Å²) >= 11 is 0. The monoisotopic (exact) mass is 169 g/mol. The molecule has 0 aromatic rings. The molecule has 3 nitrogen and oxygen atoms in total. The molecule has 0 aromatic heterocycles. The van der Waals surface area contributed by atoms with Crippen LogP contribution >= 0.6 is 0 Å². The lowest BCUT2D eigenvalue weighted by Gasteiger charge is -2.26. The molecule has 0 aromatic carbocycles. The highest BCUT2D eigenvalue weighted by atomic mass is 16.5. The number of carbonyl (C=O) groups is 1. The Morgan fingerprint density at radius 1 is 1.50 bits per heavy atom. The van der Waals surface area contributed by atoms with Gasteiger partial charge in [-0.3, -0.25) is 4.79 Å². The van der Waals surface area contributed by atoms with Crippen LogP contribution in [0.5, 0.6) is 0 Å². The minimum absolute atomic E-state index is 0.0188. The summed E-state index contributed by atoms with van der Waals surface area (Å²) in [5, 5.41) is 3.38. The van der Waals surface area contributed by atoms with E-state index in [9.17, 15) is 4.79 Å². The third-order valence-corrected chi connectivity index (χ3v) is 3.15. The summed E-state index contributed by atoms with van der Waals surface area (Å²) in [5.41, 5.74) is 0. The molecule has 1 saturated carbocycles. The number of fused-ring (bicyclic) bond motifs is 2. The molecular formula is C9H15NO2. The summed E-state index contributed by atoms with van der Waals surface area (Å²) in [6.45, 7) is 1.00. The van der Waals surface area contributed by atoms with Crippen molar-refractivity contribution in [3.8, 4) is 0 Å². The predicted octanol–water partition coefficient (Wildman–Crippen LogP) is 0.547. The van der Waals surface area contributed by atoms with E-state index in [1.807, 2.05) is 0 Å². The molecule has 1 aliphatic carbocycles. The fraction of sp³-hybridized carbons (Fsp3) is 0.889. The van der Waals surface area contributed by atoms with Crippen molar-refractivity contribution in [3.05, 3.63) is 0 Å². The third kappa shape index (κ3) is 1.12. The van der Waals surface area contributed by atoms with Crippen LogP contribution in [0.4, 0.5) is 0 Å². The molecule has 0 amide bonds. The van der Waals surface area contributed by atoms with Crippen LogP contribution in [-0.4, -0.2) is 25.7 Å². The number of hydrogen-bond donors (Lipinski definition) is 1. The highest BCUT2D eigenvalue weighted by Gasteiger charge is 2.43. The molecular weight excluding hydrogens is 154 g/mol. The number of ether oxygens (including phenoxy) is 1. The molecule has 3 heteroatoms. The maximum atomic E-state index is 11.4. The first kappa shape index (κ1) is 8.05. The van der Waals surface area contributed by atoms with E-state index in [0.29, 0.717) is 12.0 Å². The standard InChI is InChI=1S/C9H15NO2/c1-12-9(11)8-6-3-2-4-7(8)10-5-6/h6-8,10H,2-5H2,1H3. The van der Waals surface area contributed by atoms with E-state index in [0.717, 1.165) is 13.0 Å². The fourth-order valence-electron chi connectivity index (χ4n) is 2.54. The number of esters is 1. The highest BCUT2D eigenvalue weighted by Crippen LogP contribution is 2.35. The van der Waals surface area contributed by atoms with Crippen molar-refractivity contribution in [2.45, 2.75) is 25.3 Å². The maximum absolute atomic E-state index is 11.4. The summed E-state index contributed by atoms with van der Waals surface area (Å²) in [7, 11) is 1.48. The normalized spacial score (nSPS) is 39.6. The smallest absolute Gasteiger partial charge is 0.310 e. The molecule has 0 spiro atoms. The van der Waals surface area contributed by atoms with Crippen LogP contribution in [0.15, 0.2) is 0 Å². The Morgan fingerprint density at radius 3 is 3.00 bits per heavy atom. The van der Waals surface area contributed by atoms with Gasteiger partial charge < -0.3 is 10.1 Å². The van der Waals surface area contributed by atoms with Crippen LogP contribution < -0.4 is 5.32 Å². The molecule has 1 saturated heterocycles. The largest absolute Gasteiger partial charge is 0.469 e. The van der Waals surface area contributed by atoms with Gasteiger partial charge in [0.05, 0.1) is 13.0 Å². The van der Waals surface area contributed by atoms with Gasteiger partial charge in [-0.1, -0.05) is 6.42 Å². The van der Waals surface area contributed by atoms with Gasteiger partial charge in [-0.05, 0) is 25.3 Å². The van der Waals surface area contributed by atoms with Gasteiger partial charge in [-0.15, -0.1) is 0 Å². The second kappa shape index (κ2) is 3.05. The van der Waals surface area contributed by atoms with Crippen molar-refractivity contribution in [2.24, 2.45) is 11.8 Å². The van der Waals surface area contributed by atoms with Crippen LogP contribution in [-0.2, 0) is 9.53 Å². The Kier molecular flexibility index (Phi) is 2.05. The Bertz CT molecular complexity index is 177. The maximum Gasteiger partial charge on any atom is 0.310 e. The second-order valence-electron chi connectivity index (χ2n) is 3.75. The fourth-order valence-corrected chi connectivity index (χ4v) is 2.54. The molecule has 68 valence electrons. The van der Waals surface area contributed by atoms with Gasteiger partial charge in [0.2, 0.25) is 0 Å². The van der Waals surface area contributed by atoms with Crippen molar-refractivity contribution < 1.29 is 9.53 Å². The number of hydrogen-bond acceptors (Lipinski definition) is 3. The Hall–Kier alpha value is -0.570. The van der Waals surface area contributed by atoms with Gasteiger partial charge in [0.25, 0.3) is 0 Å². The highest BCUT2D eigenvalue weighted by molar-refractivity contribution is 5.74. The third-order valence-electron chi connectivity index (χ3n) is 3.15. The Labute approximate surface area is 72.5 Å². The molecule has 2 rings (SSSR count). The van der Waals surface area contributed by atoms with Crippen LogP contribution in [0.1, 0.15) is 19.3 Å². The summed E-state index contributed by atoms with van der Waals surface area (Å²) in [6.07, 6.45) is 3.58. The first-order valence-corrected chi connectivity index (χ1v) is 4.64. The second-order valence-corrected chi connectivity index (χ2v) is 3.75. The van der Waals surface area contributed by atoms with Crippen molar-refractivity contribution in [1.29, 1.82) is 0 Å². The zero-order valence-corrected chi connectivity index (χ0v) is 7.38. The molecule has 12 heavy (non-hydrogen) atoms. The van der Waals surface area contributed by atoms with Gasteiger partial charge in [0.15, 0.2) is 0 Å². The van der Waals surface area contributed by atoms with E-state index in [1.165, 1.54) is 20.0 Å². The van der Waals surface area contributed by atoms with E-state index >= 15 is 0 Å². The van der Waals surface area contributed by atoms with E-state index in [4.69, 9.17) is 4.74 Å². The van der Waals surface area contributed by atoms with Crippen LogP contribution in [0.2, 0.25) is 0 Å². The summed E-state index contributed by atoms with van der Waals surface area (Å²) in [6, 6.07) is 0.399. The van der Waals surface area contributed by atoms with Crippen molar-refractivity contribution in [2.75, 3.05) is 13.7 Å². The lowest BCUT2D eigenvalue weighted by molar-refractivity contribution is -0.147. The number of rotatable bonds is 1. The van der Waals surface area contributed by atoms with Gasteiger partial charge >= 0.3 is 5.97 Å². The Morgan fingerprint density at radius 2 is 2.33 bits per heavy atom. The van der Waals surface area contributed by atoms with Crippen LogP contribution in [0, 0.1) is 11.8 Å². The summed E-state index contributed by atoms with van der Waals surface area (Å²) < 4.78 is 4.79. The van der Waals surface area contributed by atoms with E-state index in [2.05, 4.69) is 5.32 Å². The summed E-state index contributed by atoms with van der Waals surface area (Å²) in [5.74, 6) is 0.662.